The van der Waals surface area contributed by atoms with Crippen LogP contribution in [0.25, 0.3) is 0 Å². The lowest BCUT2D eigenvalue weighted by Gasteiger charge is -2.29. The minimum absolute atomic E-state index is 0.0687. The minimum atomic E-state index is -0.668. The number of nitrogens with one attached hydrogen (secondary N) is 2. The van der Waals surface area contributed by atoms with Gasteiger partial charge in [-0.15, -0.1) is 23.5 Å². The van der Waals surface area contributed by atoms with E-state index < -0.39 is 24.5 Å². The Balaban J connectivity index is 1.32. The van der Waals surface area contributed by atoms with Gasteiger partial charge < -0.3 is 14.8 Å². The van der Waals surface area contributed by atoms with Gasteiger partial charge in [-0.3, -0.25) is 10.1 Å². The number of urea groups is 1. The molecule has 1 aliphatic heterocycles. The van der Waals surface area contributed by atoms with Gasteiger partial charge in [0.15, 0.2) is 13.2 Å². The first-order valence-electron chi connectivity index (χ1n) is 10.7. The summed E-state index contributed by atoms with van der Waals surface area (Å²) < 4.78 is 10.8. The first-order valence-corrected chi connectivity index (χ1v) is 12.8. The number of benzene rings is 1. The molecule has 1 heterocycles. The maximum atomic E-state index is 12.0. The number of hydrogen-bond donors (Lipinski definition) is 2. The molecule has 0 bridgehead atoms. The van der Waals surface area contributed by atoms with E-state index in [0.717, 1.165) is 19.3 Å². The molecule has 9 heteroatoms. The highest BCUT2D eigenvalue weighted by atomic mass is 32.2. The number of rotatable bonds is 7. The van der Waals surface area contributed by atoms with Crippen LogP contribution in [0.4, 0.5) is 4.79 Å². The fourth-order valence-corrected chi connectivity index (χ4v) is 6.52. The van der Waals surface area contributed by atoms with E-state index in [1.807, 2.05) is 47.8 Å². The van der Waals surface area contributed by atoms with Crippen LogP contribution in [0.1, 0.15) is 49.2 Å². The Morgan fingerprint density at radius 1 is 1.00 bits per heavy atom. The van der Waals surface area contributed by atoms with Crippen LogP contribution in [0.5, 0.6) is 5.75 Å². The molecular weight excluding hydrogens is 436 g/mol. The molecular formula is C22H30N2O5S2. The molecule has 1 saturated heterocycles. The maximum absolute atomic E-state index is 12.0. The molecule has 1 aliphatic carbocycles. The highest BCUT2D eigenvalue weighted by Gasteiger charge is 2.23. The van der Waals surface area contributed by atoms with E-state index in [1.54, 1.807) is 0 Å². The van der Waals surface area contributed by atoms with E-state index in [4.69, 9.17) is 9.47 Å². The van der Waals surface area contributed by atoms with E-state index >= 15 is 0 Å². The van der Waals surface area contributed by atoms with Gasteiger partial charge >= 0.3 is 12.0 Å². The van der Waals surface area contributed by atoms with Crippen LogP contribution in [0.3, 0.4) is 0 Å². The van der Waals surface area contributed by atoms with Crippen LogP contribution in [0.15, 0.2) is 24.3 Å². The monoisotopic (exact) mass is 466 g/mol. The highest BCUT2D eigenvalue weighted by molar-refractivity contribution is 8.16. The Hall–Kier alpha value is -1.87. The summed E-state index contributed by atoms with van der Waals surface area (Å²) in [5.74, 6) is 1.98. The van der Waals surface area contributed by atoms with Gasteiger partial charge in [0.05, 0.1) is 4.58 Å². The second-order valence-electron chi connectivity index (χ2n) is 7.84. The van der Waals surface area contributed by atoms with Crippen molar-refractivity contribution in [2.24, 2.45) is 5.92 Å². The third-order valence-electron chi connectivity index (χ3n) is 5.38. The Kier molecular flexibility index (Phi) is 9.39. The van der Waals surface area contributed by atoms with E-state index in [2.05, 4.69) is 17.6 Å². The summed E-state index contributed by atoms with van der Waals surface area (Å²) in [5.41, 5.74) is 1.24. The van der Waals surface area contributed by atoms with Gasteiger partial charge in [-0.25, -0.2) is 9.59 Å². The van der Waals surface area contributed by atoms with Crippen LogP contribution in [0, 0.1) is 5.92 Å². The quantitative estimate of drug-likeness (QED) is 0.589. The first kappa shape index (κ1) is 23.8. The van der Waals surface area contributed by atoms with Crippen molar-refractivity contribution in [1.82, 2.24) is 10.6 Å². The normalized spacial score (nSPS) is 21.7. The molecule has 2 aliphatic rings. The SMILES string of the molecule is CC1CCCCC1NC(=O)NC(=O)COC(=O)COc1ccc(C2SCCCS2)cc1. The van der Waals surface area contributed by atoms with Crippen molar-refractivity contribution in [3.05, 3.63) is 29.8 Å². The van der Waals surface area contributed by atoms with E-state index in [1.165, 1.54) is 29.9 Å². The molecule has 1 aromatic carbocycles. The van der Waals surface area contributed by atoms with E-state index in [-0.39, 0.29) is 12.6 Å². The molecule has 0 spiro atoms. The van der Waals surface area contributed by atoms with Crippen molar-refractivity contribution in [3.8, 4) is 5.75 Å². The number of amides is 3. The number of carbonyl (C=O) groups is 3. The molecule has 0 radical (unpaired) electrons. The number of hydrogen-bond acceptors (Lipinski definition) is 7. The van der Waals surface area contributed by atoms with Crippen LogP contribution in [0.2, 0.25) is 0 Å². The smallest absolute Gasteiger partial charge is 0.344 e. The Labute approximate surface area is 191 Å². The van der Waals surface area contributed by atoms with Gasteiger partial charge in [0.2, 0.25) is 0 Å². The summed E-state index contributed by atoms with van der Waals surface area (Å²) in [6.45, 7) is 1.27. The summed E-state index contributed by atoms with van der Waals surface area (Å²) in [6, 6.07) is 7.21. The van der Waals surface area contributed by atoms with Gasteiger partial charge in [-0.2, -0.15) is 0 Å². The molecule has 0 aromatic heterocycles. The van der Waals surface area contributed by atoms with Crippen molar-refractivity contribution in [3.63, 3.8) is 0 Å². The molecule has 2 N–H and O–H groups in total. The van der Waals surface area contributed by atoms with Crippen molar-refractivity contribution < 1.29 is 23.9 Å². The average Bonchev–Trinajstić information content (AvgIpc) is 2.79. The lowest BCUT2D eigenvalue weighted by Crippen LogP contribution is -2.48. The molecule has 1 aromatic rings. The standard InChI is InChI=1S/C22H30N2O5S2/c1-15-5-2-3-6-18(15)23-22(27)24-19(25)13-29-20(26)14-28-17-9-7-16(8-10-17)21-30-11-4-12-31-21/h7-10,15,18,21H,2-6,11-14H2,1H3,(H2,23,24,25,27). The van der Waals surface area contributed by atoms with Crippen LogP contribution >= 0.6 is 23.5 Å². The predicted octanol–water partition coefficient (Wildman–Crippen LogP) is 3.88. The van der Waals surface area contributed by atoms with Crippen molar-refractivity contribution in [2.75, 3.05) is 24.7 Å². The fourth-order valence-electron chi connectivity index (χ4n) is 3.63. The first-order chi connectivity index (χ1) is 15.0. The lowest BCUT2D eigenvalue weighted by atomic mass is 9.86. The Morgan fingerprint density at radius 2 is 1.71 bits per heavy atom. The van der Waals surface area contributed by atoms with Crippen LogP contribution in [-0.4, -0.2) is 48.7 Å². The highest BCUT2D eigenvalue weighted by Crippen LogP contribution is 2.43. The third-order valence-corrected chi connectivity index (χ3v) is 8.40. The largest absolute Gasteiger partial charge is 0.482 e. The second-order valence-corrected chi connectivity index (χ2v) is 10.6. The molecule has 170 valence electrons. The summed E-state index contributed by atoms with van der Waals surface area (Å²) in [7, 11) is 0. The maximum Gasteiger partial charge on any atom is 0.344 e. The lowest BCUT2D eigenvalue weighted by molar-refractivity contribution is -0.150. The zero-order valence-corrected chi connectivity index (χ0v) is 19.4. The van der Waals surface area contributed by atoms with Crippen molar-refractivity contribution in [2.45, 2.75) is 49.7 Å². The fraction of sp³-hybridized carbons (Fsp3) is 0.591. The molecule has 2 unspecified atom stereocenters. The van der Waals surface area contributed by atoms with Gasteiger partial charge in [0.1, 0.15) is 5.75 Å². The third kappa shape index (κ3) is 7.96. The molecule has 31 heavy (non-hydrogen) atoms. The number of esters is 1. The summed E-state index contributed by atoms with van der Waals surface area (Å²) in [6.07, 6.45) is 5.46. The second kappa shape index (κ2) is 12.2. The minimum Gasteiger partial charge on any atom is -0.482 e. The zero-order valence-electron chi connectivity index (χ0n) is 17.8. The number of ether oxygens (including phenoxy) is 2. The van der Waals surface area contributed by atoms with Crippen LogP contribution < -0.4 is 15.4 Å². The van der Waals surface area contributed by atoms with Gasteiger partial charge in [-0.1, -0.05) is 31.9 Å². The zero-order chi connectivity index (χ0) is 22.1. The number of imide groups is 1. The average molecular weight is 467 g/mol. The Bertz CT molecular complexity index is 753. The van der Waals surface area contributed by atoms with Crippen LogP contribution in [-0.2, 0) is 14.3 Å². The van der Waals surface area contributed by atoms with Gasteiger partial charge in [0, 0.05) is 6.04 Å². The molecule has 2 fully saturated rings. The van der Waals surface area contributed by atoms with Gasteiger partial charge in [0.25, 0.3) is 5.91 Å². The molecule has 1 saturated carbocycles. The van der Waals surface area contributed by atoms with E-state index in [9.17, 15) is 14.4 Å². The van der Waals surface area contributed by atoms with Crippen molar-refractivity contribution in [1.29, 1.82) is 0 Å². The van der Waals surface area contributed by atoms with E-state index in [0.29, 0.717) is 16.2 Å². The summed E-state index contributed by atoms with van der Waals surface area (Å²) in [4.78, 5) is 35.6. The molecule has 7 nitrogen and oxygen atoms in total. The molecule has 3 rings (SSSR count). The molecule has 3 amide bonds. The molecule has 2 atom stereocenters. The topological polar surface area (TPSA) is 93.7 Å². The Morgan fingerprint density at radius 3 is 2.42 bits per heavy atom. The number of thioether (sulfide) groups is 2. The number of carbonyl (C=O) groups excluding carboxylic acids is 3. The summed E-state index contributed by atoms with van der Waals surface area (Å²) in [5, 5.41) is 5.03. The van der Waals surface area contributed by atoms with Crippen molar-refractivity contribution >= 4 is 41.4 Å². The predicted molar refractivity (Wildman–Crippen MR) is 123 cm³/mol. The van der Waals surface area contributed by atoms with Gasteiger partial charge in [-0.05, 0) is 54.4 Å². The summed E-state index contributed by atoms with van der Waals surface area (Å²) >= 11 is 3.89.